The molecule has 1 aliphatic carbocycles. The minimum absolute atomic E-state index is 0.119. The summed E-state index contributed by atoms with van der Waals surface area (Å²) in [5, 5.41) is 0.304. The van der Waals surface area contributed by atoms with Gasteiger partial charge in [0.25, 0.3) is 0 Å². The number of nitrogen functional groups attached to an aromatic ring is 1. The second-order valence-electron chi connectivity index (χ2n) is 5.18. The van der Waals surface area contributed by atoms with Gasteiger partial charge in [-0.15, -0.1) is 0 Å². The summed E-state index contributed by atoms with van der Waals surface area (Å²) < 4.78 is 32.8. The highest BCUT2D eigenvalue weighted by Gasteiger charge is 2.38. The minimum Gasteiger partial charge on any atom is -0.398 e. The van der Waals surface area contributed by atoms with Crippen LogP contribution in [0.2, 0.25) is 5.02 Å². The standard InChI is InChI=1S/C13H19ClN2O3S/c1-9-11(15)6-10(14)7-12(9)20(17,18)16-8-13(19-2)4-3-5-13/h6-7,16H,3-5,8,15H2,1-2H3. The van der Waals surface area contributed by atoms with Gasteiger partial charge in [0.05, 0.1) is 10.5 Å². The van der Waals surface area contributed by atoms with Crippen molar-refractivity contribution in [1.82, 2.24) is 4.72 Å². The van der Waals surface area contributed by atoms with E-state index in [1.54, 1.807) is 20.1 Å². The smallest absolute Gasteiger partial charge is 0.241 e. The topological polar surface area (TPSA) is 81.4 Å². The zero-order chi connectivity index (χ0) is 15.0. The van der Waals surface area contributed by atoms with E-state index in [0.717, 1.165) is 19.3 Å². The Hall–Kier alpha value is -0.820. The third-order valence-corrected chi connectivity index (χ3v) is 5.68. The highest BCUT2D eigenvalue weighted by Crippen LogP contribution is 2.35. The Labute approximate surface area is 124 Å². The van der Waals surface area contributed by atoms with Gasteiger partial charge in [0.1, 0.15) is 0 Å². The summed E-state index contributed by atoms with van der Waals surface area (Å²) in [6.07, 6.45) is 2.78. The fourth-order valence-electron chi connectivity index (χ4n) is 2.28. The third-order valence-electron chi connectivity index (χ3n) is 3.94. The molecule has 0 atom stereocenters. The van der Waals surface area contributed by atoms with Crippen molar-refractivity contribution in [3.8, 4) is 0 Å². The van der Waals surface area contributed by atoms with Crippen LogP contribution in [0.1, 0.15) is 24.8 Å². The average molecular weight is 319 g/mol. The average Bonchev–Trinajstić information content (AvgIpc) is 2.32. The number of anilines is 1. The highest BCUT2D eigenvalue weighted by atomic mass is 35.5. The number of halogens is 1. The summed E-state index contributed by atoms with van der Waals surface area (Å²) in [5.41, 5.74) is 6.26. The van der Waals surface area contributed by atoms with Crippen molar-refractivity contribution in [2.45, 2.75) is 36.7 Å². The Morgan fingerprint density at radius 3 is 2.60 bits per heavy atom. The summed E-state index contributed by atoms with van der Waals surface area (Å²) in [6.45, 7) is 1.92. The SMILES string of the molecule is COC1(CNS(=O)(=O)c2cc(Cl)cc(N)c2C)CCC1. The van der Waals surface area contributed by atoms with Gasteiger partial charge in [-0.25, -0.2) is 13.1 Å². The second kappa shape index (κ2) is 5.52. The lowest BCUT2D eigenvalue weighted by Crippen LogP contribution is -2.49. The number of hydrogen-bond donors (Lipinski definition) is 2. The van der Waals surface area contributed by atoms with Gasteiger partial charge in [-0.1, -0.05) is 11.6 Å². The Morgan fingerprint density at radius 2 is 2.10 bits per heavy atom. The van der Waals surface area contributed by atoms with E-state index in [0.29, 0.717) is 16.3 Å². The van der Waals surface area contributed by atoms with Crippen molar-refractivity contribution < 1.29 is 13.2 Å². The van der Waals surface area contributed by atoms with Crippen molar-refractivity contribution in [2.75, 3.05) is 19.4 Å². The number of nitrogens with two attached hydrogens (primary N) is 1. The quantitative estimate of drug-likeness (QED) is 0.814. The number of methoxy groups -OCH3 is 1. The maximum atomic E-state index is 12.4. The number of ether oxygens (including phenoxy) is 1. The van der Waals surface area contributed by atoms with Crippen LogP contribution >= 0.6 is 11.6 Å². The normalized spacial score (nSPS) is 17.8. The molecule has 20 heavy (non-hydrogen) atoms. The van der Waals surface area contributed by atoms with Crippen LogP contribution < -0.4 is 10.5 Å². The van der Waals surface area contributed by atoms with Gasteiger partial charge in [0.15, 0.2) is 0 Å². The molecule has 3 N–H and O–H groups in total. The molecule has 0 unspecified atom stereocenters. The van der Waals surface area contributed by atoms with Gasteiger partial charge < -0.3 is 10.5 Å². The summed E-state index contributed by atoms with van der Waals surface area (Å²) in [4.78, 5) is 0.119. The zero-order valence-corrected chi connectivity index (χ0v) is 13.1. The molecule has 1 aromatic rings. The van der Waals surface area contributed by atoms with E-state index in [1.165, 1.54) is 6.07 Å². The molecule has 1 aromatic carbocycles. The molecule has 0 radical (unpaired) electrons. The predicted octanol–water partition coefficient (Wildman–Crippen LogP) is 2.08. The van der Waals surface area contributed by atoms with Gasteiger partial charge in [0.2, 0.25) is 10.0 Å². The molecule has 0 saturated heterocycles. The summed E-state index contributed by atoms with van der Waals surface area (Å²) in [7, 11) is -2.04. The molecular weight excluding hydrogens is 300 g/mol. The van der Waals surface area contributed by atoms with Crippen LogP contribution in [0.3, 0.4) is 0 Å². The van der Waals surface area contributed by atoms with E-state index in [-0.39, 0.29) is 17.0 Å². The molecule has 0 aromatic heterocycles. The molecule has 1 aliphatic rings. The molecule has 0 amide bonds. The van der Waals surface area contributed by atoms with Gasteiger partial charge in [-0.3, -0.25) is 0 Å². The van der Waals surface area contributed by atoms with E-state index in [4.69, 9.17) is 22.1 Å². The first kappa shape index (κ1) is 15.6. The van der Waals surface area contributed by atoms with Crippen molar-refractivity contribution >= 4 is 27.3 Å². The first-order valence-electron chi connectivity index (χ1n) is 6.40. The molecule has 0 heterocycles. The Bertz CT molecular complexity index is 607. The van der Waals surface area contributed by atoms with Gasteiger partial charge in [0, 0.05) is 24.4 Å². The van der Waals surface area contributed by atoms with E-state index >= 15 is 0 Å². The lowest BCUT2D eigenvalue weighted by Gasteiger charge is -2.40. The van der Waals surface area contributed by atoms with Crippen molar-refractivity contribution in [3.05, 3.63) is 22.7 Å². The number of rotatable bonds is 5. The number of hydrogen-bond acceptors (Lipinski definition) is 4. The molecule has 112 valence electrons. The second-order valence-corrected chi connectivity index (χ2v) is 7.36. The number of benzene rings is 1. The molecule has 1 fully saturated rings. The summed E-state index contributed by atoms with van der Waals surface area (Å²) >= 11 is 5.89. The highest BCUT2D eigenvalue weighted by molar-refractivity contribution is 7.89. The predicted molar refractivity (Wildman–Crippen MR) is 79.4 cm³/mol. The number of nitrogens with one attached hydrogen (secondary N) is 1. The Morgan fingerprint density at radius 1 is 1.45 bits per heavy atom. The van der Waals surface area contributed by atoms with Crippen LogP contribution in [0.5, 0.6) is 0 Å². The molecule has 1 saturated carbocycles. The van der Waals surface area contributed by atoms with Crippen LogP contribution in [0.25, 0.3) is 0 Å². The first-order valence-corrected chi connectivity index (χ1v) is 8.26. The fraction of sp³-hybridized carbons (Fsp3) is 0.538. The van der Waals surface area contributed by atoms with Gasteiger partial charge in [-0.2, -0.15) is 0 Å². The molecule has 0 bridgehead atoms. The maximum absolute atomic E-state index is 12.4. The van der Waals surface area contributed by atoms with Crippen LogP contribution in [0.15, 0.2) is 17.0 Å². The van der Waals surface area contributed by atoms with Gasteiger partial charge >= 0.3 is 0 Å². The Balaban J connectivity index is 2.23. The minimum atomic E-state index is -3.65. The summed E-state index contributed by atoms with van der Waals surface area (Å²) in [6, 6.07) is 2.95. The molecular formula is C13H19ClN2O3S. The van der Waals surface area contributed by atoms with Crippen LogP contribution in [0, 0.1) is 6.92 Å². The maximum Gasteiger partial charge on any atom is 0.241 e. The zero-order valence-electron chi connectivity index (χ0n) is 11.6. The van der Waals surface area contributed by atoms with Crippen molar-refractivity contribution in [3.63, 3.8) is 0 Å². The van der Waals surface area contributed by atoms with Crippen LogP contribution in [-0.2, 0) is 14.8 Å². The van der Waals surface area contributed by atoms with E-state index in [2.05, 4.69) is 4.72 Å². The monoisotopic (exact) mass is 318 g/mol. The van der Waals surface area contributed by atoms with E-state index < -0.39 is 10.0 Å². The molecule has 7 heteroatoms. The van der Waals surface area contributed by atoms with Crippen LogP contribution in [0.4, 0.5) is 5.69 Å². The largest absolute Gasteiger partial charge is 0.398 e. The lowest BCUT2D eigenvalue weighted by atomic mass is 9.80. The molecule has 0 spiro atoms. The third kappa shape index (κ3) is 2.93. The first-order chi connectivity index (χ1) is 9.30. The fourth-order valence-corrected chi connectivity index (χ4v) is 3.98. The van der Waals surface area contributed by atoms with Crippen molar-refractivity contribution in [1.29, 1.82) is 0 Å². The lowest BCUT2D eigenvalue weighted by molar-refractivity contribution is -0.0659. The molecule has 2 rings (SSSR count). The Kier molecular flexibility index (Phi) is 4.30. The van der Waals surface area contributed by atoms with Gasteiger partial charge in [-0.05, 0) is 43.9 Å². The van der Waals surface area contributed by atoms with E-state index in [9.17, 15) is 8.42 Å². The molecule has 0 aliphatic heterocycles. The number of sulfonamides is 1. The molecule has 5 nitrogen and oxygen atoms in total. The van der Waals surface area contributed by atoms with Crippen molar-refractivity contribution in [2.24, 2.45) is 0 Å². The summed E-state index contributed by atoms with van der Waals surface area (Å²) in [5.74, 6) is 0. The van der Waals surface area contributed by atoms with E-state index in [1.807, 2.05) is 0 Å². The van der Waals surface area contributed by atoms with Crippen LogP contribution in [-0.4, -0.2) is 27.7 Å².